The maximum Gasteiger partial charge on any atom is 0.303 e. The van der Waals surface area contributed by atoms with Crippen molar-refractivity contribution >= 4 is 5.97 Å². The number of unbranched alkanes of at least 4 members (excludes halogenated alkanes) is 6. The number of nitrogens with zero attached hydrogens (tertiary/aromatic N) is 2. The van der Waals surface area contributed by atoms with E-state index < -0.39 is 5.97 Å². The van der Waals surface area contributed by atoms with Crippen LogP contribution in [0.2, 0.25) is 0 Å². The standard InChI is InChI=1S/C14H22N2O2/c17-14(18)9-7-5-3-1-2-4-6-8-13-10-11-15-12-16-13/h10-12H,1-9H2,(H,17,18). The molecule has 0 aliphatic carbocycles. The lowest BCUT2D eigenvalue weighted by molar-refractivity contribution is -0.137. The van der Waals surface area contributed by atoms with Gasteiger partial charge in [-0.3, -0.25) is 4.79 Å². The van der Waals surface area contributed by atoms with Crippen LogP contribution in [0.1, 0.15) is 57.1 Å². The average Bonchev–Trinajstić information content (AvgIpc) is 2.37. The summed E-state index contributed by atoms with van der Waals surface area (Å²) in [5.74, 6) is -0.681. The summed E-state index contributed by atoms with van der Waals surface area (Å²) in [5, 5.41) is 8.48. The van der Waals surface area contributed by atoms with E-state index in [-0.39, 0.29) is 0 Å². The molecule has 4 heteroatoms. The number of carboxylic acid groups (broad SMARTS) is 1. The van der Waals surface area contributed by atoms with E-state index in [1.54, 1.807) is 12.5 Å². The summed E-state index contributed by atoms with van der Waals surface area (Å²) in [4.78, 5) is 18.4. The minimum Gasteiger partial charge on any atom is -0.481 e. The van der Waals surface area contributed by atoms with Crippen molar-refractivity contribution in [3.8, 4) is 0 Å². The maximum absolute atomic E-state index is 10.3. The topological polar surface area (TPSA) is 63.1 Å². The van der Waals surface area contributed by atoms with E-state index in [1.807, 2.05) is 6.07 Å². The molecule has 4 nitrogen and oxygen atoms in total. The van der Waals surface area contributed by atoms with Crippen LogP contribution in [0.5, 0.6) is 0 Å². The molecule has 0 spiro atoms. The summed E-state index contributed by atoms with van der Waals surface area (Å²) in [6.07, 6.45) is 12.6. The molecule has 0 saturated heterocycles. The Hall–Kier alpha value is -1.45. The predicted octanol–water partition coefficient (Wildman–Crippen LogP) is 3.22. The minimum atomic E-state index is -0.681. The Labute approximate surface area is 108 Å². The molecule has 0 radical (unpaired) electrons. The third-order valence-electron chi connectivity index (χ3n) is 2.97. The van der Waals surface area contributed by atoms with Crippen LogP contribution in [0, 0.1) is 0 Å². The van der Waals surface area contributed by atoms with Gasteiger partial charge in [0.15, 0.2) is 0 Å². The molecule has 1 rings (SSSR count). The quantitative estimate of drug-likeness (QED) is 0.647. The van der Waals surface area contributed by atoms with Crippen LogP contribution in [0.3, 0.4) is 0 Å². The summed E-state index contributed by atoms with van der Waals surface area (Å²) < 4.78 is 0. The molecule has 1 aromatic heterocycles. The van der Waals surface area contributed by atoms with E-state index in [0.717, 1.165) is 31.4 Å². The molecule has 0 aliphatic rings. The number of aliphatic carboxylic acids is 1. The number of hydrogen-bond donors (Lipinski definition) is 1. The number of rotatable bonds is 10. The number of aryl methyl sites for hydroxylation is 1. The maximum atomic E-state index is 10.3. The summed E-state index contributed by atoms with van der Waals surface area (Å²) in [7, 11) is 0. The van der Waals surface area contributed by atoms with Crippen molar-refractivity contribution in [1.29, 1.82) is 0 Å². The lowest BCUT2D eigenvalue weighted by Gasteiger charge is -2.01. The molecular weight excluding hydrogens is 228 g/mol. The normalized spacial score (nSPS) is 10.4. The third-order valence-corrected chi connectivity index (χ3v) is 2.97. The van der Waals surface area contributed by atoms with Gasteiger partial charge in [0.25, 0.3) is 0 Å². The second kappa shape index (κ2) is 9.57. The molecule has 0 aromatic carbocycles. The number of aromatic nitrogens is 2. The fourth-order valence-electron chi connectivity index (χ4n) is 1.93. The third kappa shape index (κ3) is 7.76. The zero-order chi connectivity index (χ0) is 13.1. The monoisotopic (exact) mass is 250 g/mol. The zero-order valence-electron chi connectivity index (χ0n) is 10.8. The van der Waals surface area contributed by atoms with Crippen molar-refractivity contribution in [3.05, 3.63) is 24.3 Å². The zero-order valence-corrected chi connectivity index (χ0v) is 10.8. The van der Waals surface area contributed by atoms with Gasteiger partial charge in [-0.1, -0.05) is 32.1 Å². The van der Waals surface area contributed by atoms with E-state index in [2.05, 4.69) is 9.97 Å². The van der Waals surface area contributed by atoms with Crippen molar-refractivity contribution in [2.45, 2.75) is 57.8 Å². The van der Waals surface area contributed by atoms with Crippen LogP contribution in [0.15, 0.2) is 18.6 Å². The summed E-state index contributed by atoms with van der Waals surface area (Å²) in [6.45, 7) is 0. The molecule has 1 heterocycles. The highest BCUT2D eigenvalue weighted by Gasteiger charge is 1.97. The molecule has 0 amide bonds. The minimum absolute atomic E-state index is 0.313. The van der Waals surface area contributed by atoms with Crippen LogP contribution in [0.4, 0.5) is 0 Å². The number of hydrogen-bond acceptors (Lipinski definition) is 3. The molecule has 1 N–H and O–H groups in total. The molecule has 1 aromatic rings. The van der Waals surface area contributed by atoms with Gasteiger partial charge in [0, 0.05) is 18.3 Å². The molecule has 0 saturated carbocycles. The van der Waals surface area contributed by atoms with Gasteiger partial charge in [0.05, 0.1) is 0 Å². The van der Waals surface area contributed by atoms with Gasteiger partial charge < -0.3 is 5.11 Å². The first kappa shape index (κ1) is 14.6. The van der Waals surface area contributed by atoms with Crippen LogP contribution < -0.4 is 0 Å². The van der Waals surface area contributed by atoms with Gasteiger partial charge >= 0.3 is 5.97 Å². The van der Waals surface area contributed by atoms with Crippen molar-refractivity contribution in [2.24, 2.45) is 0 Å². The Morgan fingerprint density at radius 3 is 2.33 bits per heavy atom. The van der Waals surface area contributed by atoms with Gasteiger partial charge in [-0.25, -0.2) is 9.97 Å². The highest BCUT2D eigenvalue weighted by molar-refractivity contribution is 5.66. The molecule has 18 heavy (non-hydrogen) atoms. The Balaban J connectivity index is 1.86. The van der Waals surface area contributed by atoms with Crippen molar-refractivity contribution in [1.82, 2.24) is 9.97 Å². The number of carboxylic acids is 1. The smallest absolute Gasteiger partial charge is 0.303 e. The Morgan fingerprint density at radius 2 is 1.72 bits per heavy atom. The Bertz CT molecular complexity index is 328. The SMILES string of the molecule is O=C(O)CCCCCCCCCc1ccncn1. The van der Waals surface area contributed by atoms with Crippen LogP contribution >= 0.6 is 0 Å². The lowest BCUT2D eigenvalue weighted by Crippen LogP contribution is -1.93. The number of carbonyl (C=O) groups is 1. The lowest BCUT2D eigenvalue weighted by atomic mass is 10.1. The Morgan fingerprint density at radius 1 is 1.06 bits per heavy atom. The van der Waals surface area contributed by atoms with Crippen molar-refractivity contribution in [3.63, 3.8) is 0 Å². The van der Waals surface area contributed by atoms with Crippen LogP contribution in [-0.4, -0.2) is 21.0 Å². The van der Waals surface area contributed by atoms with Gasteiger partial charge in [0.2, 0.25) is 0 Å². The first-order valence-electron chi connectivity index (χ1n) is 6.76. The molecule has 0 atom stereocenters. The van der Waals surface area contributed by atoms with Gasteiger partial charge in [-0.05, 0) is 25.3 Å². The largest absolute Gasteiger partial charge is 0.481 e. The highest BCUT2D eigenvalue weighted by Crippen LogP contribution is 2.10. The molecule has 100 valence electrons. The van der Waals surface area contributed by atoms with E-state index in [0.29, 0.717) is 6.42 Å². The van der Waals surface area contributed by atoms with Crippen molar-refractivity contribution < 1.29 is 9.90 Å². The summed E-state index contributed by atoms with van der Waals surface area (Å²) in [6, 6.07) is 1.96. The molecule has 0 aliphatic heterocycles. The van der Waals surface area contributed by atoms with Crippen LogP contribution in [-0.2, 0) is 11.2 Å². The second-order valence-electron chi connectivity index (χ2n) is 4.57. The molecule has 0 unspecified atom stereocenters. The van der Waals surface area contributed by atoms with E-state index in [4.69, 9.17) is 5.11 Å². The van der Waals surface area contributed by atoms with E-state index in [1.165, 1.54) is 25.7 Å². The molecular formula is C14H22N2O2. The first-order valence-corrected chi connectivity index (χ1v) is 6.76. The predicted molar refractivity (Wildman–Crippen MR) is 70.3 cm³/mol. The molecule has 0 bridgehead atoms. The van der Waals surface area contributed by atoms with Gasteiger partial charge in [0.1, 0.15) is 6.33 Å². The van der Waals surface area contributed by atoms with Crippen LogP contribution in [0.25, 0.3) is 0 Å². The van der Waals surface area contributed by atoms with Crippen molar-refractivity contribution in [2.75, 3.05) is 0 Å². The van der Waals surface area contributed by atoms with E-state index in [9.17, 15) is 4.79 Å². The van der Waals surface area contributed by atoms with Gasteiger partial charge in [-0.15, -0.1) is 0 Å². The van der Waals surface area contributed by atoms with Gasteiger partial charge in [-0.2, -0.15) is 0 Å². The summed E-state index contributed by atoms with van der Waals surface area (Å²) in [5.41, 5.74) is 1.12. The summed E-state index contributed by atoms with van der Waals surface area (Å²) >= 11 is 0. The fourth-order valence-corrected chi connectivity index (χ4v) is 1.93. The average molecular weight is 250 g/mol. The Kier molecular flexibility index (Phi) is 7.77. The highest BCUT2D eigenvalue weighted by atomic mass is 16.4. The fraction of sp³-hybridized carbons (Fsp3) is 0.643. The molecule has 0 fully saturated rings. The second-order valence-corrected chi connectivity index (χ2v) is 4.57. The van der Waals surface area contributed by atoms with E-state index >= 15 is 0 Å². The first-order chi connectivity index (χ1) is 8.79.